The van der Waals surface area contributed by atoms with E-state index in [1.54, 1.807) is 0 Å². The summed E-state index contributed by atoms with van der Waals surface area (Å²) in [6.45, 7) is 0. The third kappa shape index (κ3) is 6.16. The van der Waals surface area contributed by atoms with Gasteiger partial charge in [0.1, 0.15) is 0 Å². The molecular weight excluding hydrogens is 669 g/mol. The summed E-state index contributed by atoms with van der Waals surface area (Å²) in [5, 5.41) is 2.28. The summed E-state index contributed by atoms with van der Waals surface area (Å²) >= 11 is 0. The molecule has 4 heteroatoms. The normalized spacial score (nSPS) is 11.3. The van der Waals surface area contributed by atoms with Crippen molar-refractivity contribution in [2.75, 3.05) is 0 Å². The van der Waals surface area contributed by atoms with Gasteiger partial charge in [0.25, 0.3) is 0 Å². The van der Waals surface area contributed by atoms with E-state index in [2.05, 4.69) is 187 Å². The lowest BCUT2D eigenvalue weighted by Crippen LogP contribution is -2.06. The highest BCUT2D eigenvalue weighted by atomic mass is 15.2. The van der Waals surface area contributed by atoms with Crippen molar-refractivity contribution in [3.63, 3.8) is 0 Å². The Labute approximate surface area is 319 Å². The van der Waals surface area contributed by atoms with E-state index in [4.69, 9.17) is 15.0 Å². The van der Waals surface area contributed by atoms with Crippen LogP contribution in [-0.4, -0.2) is 19.5 Å². The van der Waals surface area contributed by atoms with Crippen molar-refractivity contribution in [1.82, 2.24) is 19.5 Å². The second-order valence-corrected chi connectivity index (χ2v) is 13.7. The van der Waals surface area contributed by atoms with Gasteiger partial charge < -0.3 is 0 Å². The standard InChI is InChI=1S/C51H34N4/c1-5-15-35(16-6-1)38-25-27-40(28-26-38)50-52-49(39-21-11-4-12-22-39)53-51(54-50)55-47-24-14-13-23-45(47)46-30-29-41(34-48(46)55)44-32-42(36-17-7-2-8-18-36)31-43(33-44)37-19-9-3-10-20-37/h1-34H. The molecule has 0 saturated heterocycles. The molecular formula is C51H34N4. The van der Waals surface area contributed by atoms with Crippen molar-refractivity contribution >= 4 is 21.8 Å². The predicted molar refractivity (Wildman–Crippen MR) is 227 cm³/mol. The summed E-state index contributed by atoms with van der Waals surface area (Å²) in [6, 6.07) is 72.4. The predicted octanol–water partition coefficient (Wildman–Crippen LogP) is 13.0. The topological polar surface area (TPSA) is 43.6 Å². The zero-order valence-corrected chi connectivity index (χ0v) is 29.9. The van der Waals surface area contributed by atoms with Crippen LogP contribution in [0.1, 0.15) is 0 Å². The van der Waals surface area contributed by atoms with E-state index in [0.29, 0.717) is 17.6 Å². The van der Waals surface area contributed by atoms with Gasteiger partial charge >= 0.3 is 0 Å². The van der Waals surface area contributed by atoms with Crippen molar-refractivity contribution in [2.24, 2.45) is 0 Å². The van der Waals surface area contributed by atoms with E-state index >= 15 is 0 Å². The number of nitrogens with zero attached hydrogens (tertiary/aromatic N) is 4. The molecule has 0 amide bonds. The molecule has 0 spiro atoms. The van der Waals surface area contributed by atoms with E-state index in [0.717, 1.165) is 49.6 Å². The molecule has 0 aliphatic heterocycles. The molecule has 0 radical (unpaired) electrons. The number of fused-ring (bicyclic) bond motifs is 3. The Morgan fingerprint density at radius 3 is 1.20 bits per heavy atom. The molecule has 10 rings (SSSR count). The fourth-order valence-electron chi connectivity index (χ4n) is 7.51. The number of rotatable bonds is 7. The van der Waals surface area contributed by atoms with E-state index in [9.17, 15) is 0 Å². The van der Waals surface area contributed by atoms with Gasteiger partial charge in [-0.3, -0.25) is 4.57 Å². The van der Waals surface area contributed by atoms with Crippen LogP contribution in [0.5, 0.6) is 0 Å². The molecule has 0 saturated carbocycles. The van der Waals surface area contributed by atoms with Crippen LogP contribution in [0.2, 0.25) is 0 Å². The van der Waals surface area contributed by atoms with E-state index in [1.165, 1.54) is 27.8 Å². The van der Waals surface area contributed by atoms with Crippen LogP contribution in [0.15, 0.2) is 206 Å². The minimum Gasteiger partial charge on any atom is -0.278 e. The van der Waals surface area contributed by atoms with Gasteiger partial charge in [0, 0.05) is 21.9 Å². The number of benzene rings is 8. The molecule has 55 heavy (non-hydrogen) atoms. The first-order chi connectivity index (χ1) is 27.2. The van der Waals surface area contributed by atoms with E-state index < -0.39 is 0 Å². The van der Waals surface area contributed by atoms with Gasteiger partial charge in [-0.15, -0.1) is 0 Å². The van der Waals surface area contributed by atoms with Crippen molar-refractivity contribution in [3.05, 3.63) is 206 Å². The molecule has 10 aromatic rings. The maximum absolute atomic E-state index is 5.23. The van der Waals surface area contributed by atoms with Crippen molar-refractivity contribution in [2.45, 2.75) is 0 Å². The molecule has 258 valence electrons. The van der Waals surface area contributed by atoms with Crippen LogP contribution < -0.4 is 0 Å². The Bertz CT molecular complexity index is 2880. The average molecular weight is 703 g/mol. The molecule has 2 aromatic heterocycles. The largest absolute Gasteiger partial charge is 0.278 e. The van der Waals surface area contributed by atoms with Crippen LogP contribution in [-0.2, 0) is 0 Å². The molecule has 0 unspecified atom stereocenters. The van der Waals surface area contributed by atoms with Gasteiger partial charge in [-0.1, -0.05) is 176 Å². The van der Waals surface area contributed by atoms with E-state index in [1.807, 2.05) is 24.3 Å². The molecule has 0 bridgehead atoms. The highest BCUT2D eigenvalue weighted by Crippen LogP contribution is 2.38. The molecule has 4 nitrogen and oxygen atoms in total. The Kier molecular flexibility index (Phi) is 8.12. The smallest absolute Gasteiger partial charge is 0.238 e. The number of aromatic nitrogens is 4. The van der Waals surface area contributed by atoms with Crippen LogP contribution in [0.3, 0.4) is 0 Å². The second-order valence-electron chi connectivity index (χ2n) is 13.7. The molecule has 0 fully saturated rings. The van der Waals surface area contributed by atoms with E-state index in [-0.39, 0.29) is 0 Å². The van der Waals surface area contributed by atoms with Crippen LogP contribution in [0.4, 0.5) is 0 Å². The fraction of sp³-hybridized carbons (Fsp3) is 0. The summed E-state index contributed by atoms with van der Waals surface area (Å²) in [5.41, 5.74) is 13.2. The molecule has 0 aliphatic rings. The van der Waals surface area contributed by atoms with Crippen LogP contribution in [0.25, 0.3) is 95.0 Å². The fourth-order valence-corrected chi connectivity index (χ4v) is 7.51. The number of hydrogen-bond donors (Lipinski definition) is 0. The zero-order valence-electron chi connectivity index (χ0n) is 29.9. The summed E-state index contributed by atoms with van der Waals surface area (Å²) in [4.78, 5) is 15.5. The number of para-hydroxylation sites is 1. The third-order valence-corrected chi connectivity index (χ3v) is 10.3. The Morgan fingerprint density at radius 2 is 0.636 bits per heavy atom. The quantitative estimate of drug-likeness (QED) is 0.166. The maximum Gasteiger partial charge on any atom is 0.238 e. The summed E-state index contributed by atoms with van der Waals surface area (Å²) in [5.74, 6) is 1.81. The first-order valence-electron chi connectivity index (χ1n) is 18.5. The number of hydrogen-bond acceptors (Lipinski definition) is 3. The average Bonchev–Trinajstić information content (AvgIpc) is 3.61. The lowest BCUT2D eigenvalue weighted by molar-refractivity contribution is 0.953. The molecule has 0 N–H and O–H groups in total. The monoisotopic (exact) mass is 702 g/mol. The molecule has 8 aromatic carbocycles. The summed E-state index contributed by atoms with van der Waals surface area (Å²) in [7, 11) is 0. The third-order valence-electron chi connectivity index (χ3n) is 10.3. The maximum atomic E-state index is 5.23. The van der Waals surface area contributed by atoms with Crippen LogP contribution in [0, 0.1) is 0 Å². The Morgan fingerprint density at radius 1 is 0.255 bits per heavy atom. The second kappa shape index (κ2) is 13.8. The zero-order chi connectivity index (χ0) is 36.6. The lowest BCUT2D eigenvalue weighted by atomic mass is 9.93. The van der Waals surface area contributed by atoms with Gasteiger partial charge in [-0.25, -0.2) is 4.98 Å². The Balaban J connectivity index is 1.18. The van der Waals surface area contributed by atoms with Crippen molar-refractivity contribution in [3.8, 4) is 73.2 Å². The molecule has 0 atom stereocenters. The van der Waals surface area contributed by atoms with Crippen molar-refractivity contribution < 1.29 is 0 Å². The molecule has 2 heterocycles. The first kappa shape index (κ1) is 32.2. The highest BCUT2D eigenvalue weighted by molar-refractivity contribution is 6.10. The summed E-state index contributed by atoms with van der Waals surface area (Å²) < 4.78 is 2.20. The van der Waals surface area contributed by atoms with Crippen molar-refractivity contribution in [1.29, 1.82) is 0 Å². The molecule has 0 aliphatic carbocycles. The van der Waals surface area contributed by atoms with Gasteiger partial charge in [0.2, 0.25) is 5.95 Å². The van der Waals surface area contributed by atoms with Gasteiger partial charge in [0.15, 0.2) is 11.6 Å². The minimum absolute atomic E-state index is 0.572. The van der Waals surface area contributed by atoms with Gasteiger partial charge in [0.05, 0.1) is 11.0 Å². The SMILES string of the molecule is c1ccc(-c2ccc(-c3nc(-c4ccccc4)nc(-n4c5ccccc5c5ccc(-c6cc(-c7ccccc7)cc(-c7ccccc7)c6)cc54)n3)cc2)cc1. The first-order valence-corrected chi connectivity index (χ1v) is 18.5. The van der Waals surface area contributed by atoms with Gasteiger partial charge in [-0.2, -0.15) is 9.97 Å². The van der Waals surface area contributed by atoms with Gasteiger partial charge in [-0.05, 0) is 74.8 Å². The highest BCUT2D eigenvalue weighted by Gasteiger charge is 2.19. The minimum atomic E-state index is 0.572. The lowest BCUT2D eigenvalue weighted by Gasteiger charge is -2.13. The summed E-state index contributed by atoms with van der Waals surface area (Å²) in [6.07, 6.45) is 0. The Hall–Kier alpha value is -7.43. The van der Waals surface area contributed by atoms with Crippen LogP contribution >= 0.6 is 0 Å².